The van der Waals surface area contributed by atoms with Crippen molar-refractivity contribution in [3.05, 3.63) is 29.8 Å². The molecule has 0 spiro atoms. The number of anilines is 1. The van der Waals surface area contributed by atoms with Crippen molar-refractivity contribution in [3.8, 4) is 11.8 Å². The monoisotopic (exact) mass is 262 g/mol. The van der Waals surface area contributed by atoms with E-state index < -0.39 is 0 Å². The molecule has 18 heavy (non-hydrogen) atoms. The lowest BCUT2D eigenvalue weighted by Gasteiger charge is -2.03. The molecule has 4 nitrogen and oxygen atoms in total. The van der Waals surface area contributed by atoms with Crippen molar-refractivity contribution >= 4 is 29.0 Å². The first-order chi connectivity index (χ1) is 8.61. The third-order valence-electron chi connectivity index (χ3n) is 1.90. The number of carbonyl (C=O) groups is 1. The summed E-state index contributed by atoms with van der Waals surface area (Å²) in [5.41, 5.74) is 6.92. The van der Waals surface area contributed by atoms with Crippen molar-refractivity contribution in [1.82, 2.24) is 0 Å². The van der Waals surface area contributed by atoms with Crippen molar-refractivity contribution in [2.45, 2.75) is 13.3 Å². The third kappa shape index (κ3) is 5.32. The number of ether oxygens (including phenoxy) is 1. The number of esters is 1. The second kappa shape index (κ2) is 7.30. The Balaban J connectivity index is 2.64. The van der Waals surface area contributed by atoms with E-state index in [-0.39, 0.29) is 17.5 Å². The van der Waals surface area contributed by atoms with Gasteiger partial charge in [0, 0.05) is 11.3 Å². The van der Waals surface area contributed by atoms with Crippen LogP contribution in [0.2, 0.25) is 0 Å². The van der Waals surface area contributed by atoms with Crippen molar-refractivity contribution in [2.24, 2.45) is 5.73 Å². The first-order valence-electron chi connectivity index (χ1n) is 5.43. The van der Waals surface area contributed by atoms with E-state index in [0.717, 1.165) is 11.3 Å². The summed E-state index contributed by atoms with van der Waals surface area (Å²) in [6.45, 7) is 2.13. The molecule has 0 amide bonds. The molecule has 1 rings (SSSR count). The SMILES string of the molecule is CCOC(=O)CC#Cc1cccc(NC(N)=S)c1. The number of thiocarbonyl (C=S) groups is 1. The standard InChI is InChI=1S/C13H14N2O2S/c1-2-17-12(16)8-4-6-10-5-3-7-11(9-10)15-13(14)18/h3,5,7,9H,2,8H2,1H3,(H3,14,15,18). The average molecular weight is 262 g/mol. The number of benzene rings is 1. The van der Waals surface area contributed by atoms with E-state index in [0.29, 0.717) is 6.61 Å². The minimum atomic E-state index is -0.317. The quantitative estimate of drug-likeness (QED) is 0.492. The highest BCUT2D eigenvalue weighted by molar-refractivity contribution is 7.80. The lowest BCUT2D eigenvalue weighted by molar-refractivity contribution is -0.141. The third-order valence-corrected chi connectivity index (χ3v) is 2.00. The van der Waals surface area contributed by atoms with Gasteiger partial charge in [-0.15, -0.1) is 0 Å². The number of nitrogens with two attached hydrogens (primary N) is 1. The van der Waals surface area contributed by atoms with Gasteiger partial charge in [0.15, 0.2) is 5.11 Å². The highest BCUT2D eigenvalue weighted by Crippen LogP contribution is 2.09. The number of carbonyl (C=O) groups excluding carboxylic acids is 1. The van der Waals surface area contributed by atoms with E-state index in [9.17, 15) is 4.79 Å². The number of hydrogen-bond donors (Lipinski definition) is 2. The fraction of sp³-hybridized carbons (Fsp3) is 0.231. The molecular weight excluding hydrogens is 248 g/mol. The second-order valence-electron chi connectivity index (χ2n) is 3.35. The molecule has 94 valence electrons. The van der Waals surface area contributed by atoms with Crippen molar-refractivity contribution in [3.63, 3.8) is 0 Å². The fourth-order valence-electron chi connectivity index (χ4n) is 1.25. The van der Waals surface area contributed by atoms with Gasteiger partial charge in [-0.1, -0.05) is 17.9 Å². The summed E-state index contributed by atoms with van der Waals surface area (Å²) < 4.78 is 4.77. The van der Waals surface area contributed by atoms with Gasteiger partial charge in [-0.05, 0) is 37.3 Å². The van der Waals surface area contributed by atoms with Crippen LogP contribution in [0.4, 0.5) is 5.69 Å². The van der Waals surface area contributed by atoms with Crippen molar-refractivity contribution in [2.75, 3.05) is 11.9 Å². The topological polar surface area (TPSA) is 64.3 Å². The van der Waals surface area contributed by atoms with E-state index in [1.807, 2.05) is 18.2 Å². The minimum Gasteiger partial charge on any atom is -0.465 e. The van der Waals surface area contributed by atoms with E-state index in [4.69, 9.17) is 22.7 Å². The molecule has 1 aromatic rings. The Hall–Kier alpha value is -2.06. The molecule has 1 aromatic carbocycles. The van der Waals surface area contributed by atoms with Gasteiger partial charge in [0.25, 0.3) is 0 Å². The second-order valence-corrected chi connectivity index (χ2v) is 3.79. The highest BCUT2D eigenvalue weighted by Gasteiger charge is 1.97. The van der Waals surface area contributed by atoms with Gasteiger partial charge < -0.3 is 15.8 Å². The van der Waals surface area contributed by atoms with Gasteiger partial charge in [0.05, 0.1) is 6.61 Å². The zero-order valence-corrected chi connectivity index (χ0v) is 10.8. The summed E-state index contributed by atoms with van der Waals surface area (Å²) in [6.07, 6.45) is 0.0841. The molecule has 0 fully saturated rings. The van der Waals surface area contributed by atoms with Crippen LogP contribution in [0.5, 0.6) is 0 Å². The Morgan fingerprint density at radius 2 is 2.33 bits per heavy atom. The molecule has 0 heterocycles. The summed E-state index contributed by atoms with van der Waals surface area (Å²) in [6, 6.07) is 7.30. The Bertz CT molecular complexity index is 503. The lowest BCUT2D eigenvalue weighted by Crippen LogP contribution is -2.18. The van der Waals surface area contributed by atoms with Crippen LogP contribution in [-0.4, -0.2) is 17.7 Å². The molecule has 3 N–H and O–H groups in total. The first kappa shape index (κ1) is 14.0. The smallest absolute Gasteiger partial charge is 0.317 e. The van der Waals surface area contributed by atoms with Gasteiger partial charge in [0.1, 0.15) is 6.42 Å². The zero-order valence-electron chi connectivity index (χ0n) is 10.0. The van der Waals surface area contributed by atoms with Crippen LogP contribution in [0.1, 0.15) is 18.9 Å². The maximum absolute atomic E-state index is 11.1. The molecule has 0 atom stereocenters. The van der Waals surface area contributed by atoms with E-state index in [1.165, 1.54) is 0 Å². The van der Waals surface area contributed by atoms with Gasteiger partial charge in [-0.2, -0.15) is 0 Å². The molecule has 0 aliphatic rings. The Morgan fingerprint density at radius 1 is 1.56 bits per heavy atom. The van der Waals surface area contributed by atoms with E-state index >= 15 is 0 Å². The fourth-order valence-corrected chi connectivity index (χ4v) is 1.37. The maximum Gasteiger partial charge on any atom is 0.317 e. The first-order valence-corrected chi connectivity index (χ1v) is 5.83. The van der Waals surface area contributed by atoms with Gasteiger partial charge in [-0.3, -0.25) is 4.79 Å². The summed E-state index contributed by atoms with van der Waals surface area (Å²) in [4.78, 5) is 11.1. The summed E-state index contributed by atoms with van der Waals surface area (Å²) in [5.74, 6) is 5.31. The molecule has 5 heteroatoms. The highest BCUT2D eigenvalue weighted by atomic mass is 32.1. The maximum atomic E-state index is 11.1. The van der Waals surface area contributed by atoms with Crippen LogP contribution < -0.4 is 11.1 Å². The Morgan fingerprint density at radius 3 is 3.00 bits per heavy atom. The molecule has 0 unspecified atom stereocenters. The summed E-state index contributed by atoms with van der Waals surface area (Å²) in [7, 11) is 0. The lowest BCUT2D eigenvalue weighted by atomic mass is 10.2. The summed E-state index contributed by atoms with van der Waals surface area (Å²) >= 11 is 4.74. The minimum absolute atomic E-state index is 0.0841. The normalized spacial score (nSPS) is 8.94. The zero-order chi connectivity index (χ0) is 13.4. The molecule has 0 aromatic heterocycles. The molecule has 0 aliphatic heterocycles. The number of hydrogen-bond acceptors (Lipinski definition) is 3. The molecule has 0 radical (unpaired) electrons. The number of rotatable bonds is 3. The van der Waals surface area contributed by atoms with E-state index in [2.05, 4.69) is 17.2 Å². The van der Waals surface area contributed by atoms with Crippen LogP contribution >= 0.6 is 12.2 Å². The van der Waals surface area contributed by atoms with Gasteiger partial charge in [-0.25, -0.2) is 0 Å². The largest absolute Gasteiger partial charge is 0.465 e. The van der Waals surface area contributed by atoms with Gasteiger partial charge >= 0.3 is 5.97 Å². The number of nitrogens with one attached hydrogen (secondary N) is 1. The predicted molar refractivity (Wildman–Crippen MR) is 75.0 cm³/mol. The average Bonchev–Trinajstić information content (AvgIpc) is 2.29. The van der Waals surface area contributed by atoms with Gasteiger partial charge in [0.2, 0.25) is 0 Å². The molecule has 0 aliphatic carbocycles. The Labute approximate surface area is 112 Å². The van der Waals surface area contributed by atoms with Crippen LogP contribution in [0.25, 0.3) is 0 Å². The van der Waals surface area contributed by atoms with Crippen LogP contribution in [0.15, 0.2) is 24.3 Å². The molecule has 0 saturated carbocycles. The predicted octanol–water partition coefficient (Wildman–Crippen LogP) is 1.65. The van der Waals surface area contributed by atoms with Crippen LogP contribution in [-0.2, 0) is 9.53 Å². The molecule has 0 saturated heterocycles. The van der Waals surface area contributed by atoms with Crippen LogP contribution in [0.3, 0.4) is 0 Å². The summed E-state index contributed by atoms with van der Waals surface area (Å²) in [5, 5.41) is 3.02. The molecule has 0 bridgehead atoms. The van der Waals surface area contributed by atoms with E-state index in [1.54, 1.807) is 13.0 Å². The Kier molecular flexibility index (Phi) is 5.68. The molecular formula is C13H14N2O2S. The van der Waals surface area contributed by atoms with Crippen molar-refractivity contribution in [1.29, 1.82) is 0 Å². The van der Waals surface area contributed by atoms with Crippen molar-refractivity contribution < 1.29 is 9.53 Å². The van der Waals surface area contributed by atoms with Crippen LogP contribution in [0, 0.1) is 11.8 Å².